The van der Waals surface area contributed by atoms with Crippen LogP contribution in [0.5, 0.6) is 0 Å². The molecule has 3 heterocycles. The van der Waals surface area contributed by atoms with Gasteiger partial charge in [-0.1, -0.05) is 43.3 Å². The van der Waals surface area contributed by atoms with E-state index in [1.54, 1.807) is 13.0 Å². The van der Waals surface area contributed by atoms with E-state index in [0.29, 0.717) is 53.4 Å². The number of benzene rings is 1. The van der Waals surface area contributed by atoms with E-state index in [1.165, 1.54) is 25.5 Å². The number of ether oxygens (including phenoxy) is 1. The van der Waals surface area contributed by atoms with Gasteiger partial charge in [0, 0.05) is 12.1 Å². The van der Waals surface area contributed by atoms with Crippen LogP contribution < -0.4 is 10.6 Å². The quantitative estimate of drug-likeness (QED) is 0.509. The molecule has 9 heteroatoms. The van der Waals surface area contributed by atoms with Crippen molar-refractivity contribution in [2.75, 3.05) is 19.8 Å². The van der Waals surface area contributed by atoms with Gasteiger partial charge in [0.1, 0.15) is 23.2 Å². The SMILES string of the molecule is Cc1nocc1C(=O)NC(c1nc2c(F)c(C3COCCN3)ccc2[nH]1)C1CCCCCCC1. The van der Waals surface area contributed by atoms with E-state index in [0.717, 1.165) is 25.7 Å². The third-order valence-electron chi connectivity index (χ3n) is 7.14. The number of nitrogens with zero attached hydrogens (tertiary/aromatic N) is 2. The number of aryl methyl sites for hydroxylation is 1. The number of hydrogen-bond donors (Lipinski definition) is 3. The van der Waals surface area contributed by atoms with Crippen molar-refractivity contribution in [2.45, 2.75) is 64.0 Å². The van der Waals surface area contributed by atoms with Gasteiger partial charge < -0.3 is 24.9 Å². The molecule has 3 N–H and O–H groups in total. The van der Waals surface area contributed by atoms with Gasteiger partial charge in [-0.2, -0.15) is 0 Å². The van der Waals surface area contributed by atoms with Crippen LogP contribution in [-0.4, -0.2) is 40.8 Å². The molecule has 1 saturated heterocycles. The summed E-state index contributed by atoms with van der Waals surface area (Å²) in [6, 6.07) is 3.10. The molecular weight excluding hydrogens is 437 g/mol. The molecule has 1 saturated carbocycles. The fraction of sp³-hybridized carbons (Fsp3) is 0.560. The lowest BCUT2D eigenvalue weighted by Gasteiger charge is -2.28. The van der Waals surface area contributed by atoms with Crippen molar-refractivity contribution in [3.63, 3.8) is 0 Å². The minimum atomic E-state index is -0.355. The van der Waals surface area contributed by atoms with Gasteiger partial charge in [0.15, 0.2) is 5.82 Å². The average Bonchev–Trinajstić information content (AvgIpc) is 3.45. The minimum Gasteiger partial charge on any atom is -0.378 e. The summed E-state index contributed by atoms with van der Waals surface area (Å²) in [7, 11) is 0. The summed E-state index contributed by atoms with van der Waals surface area (Å²) in [6.07, 6.45) is 9.19. The number of rotatable bonds is 5. The lowest BCUT2D eigenvalue weighted by atomic mass is 9.85. The first kappa shape index (κ1) is 23.0. The van der Waals surface area contributed by atoms with Crippen LogP contribution in [0.2, 0.25) is 0 Å². The summed E-state index contributed by atoms with van der Waals surface area (Å²) in [4.78, 5) is 21.1. The van der Waals surface area contributed by atoms with E-state index in [1.807, 2.05) is 6.07 Å². The second-order valence-electron chi connectivity index (χ2n) is 9.44. The number of carbonyl (C=O) groups is 1. The van der Waals surface area contributed by atoms with Crippen LogP contribution in [0.4, 0.5) is 4.39 Å². The van der Waals surface area contributed by atoms with Crippen molar-refractivity contribution in [1.82, 2.24) is 25.8 Å². The second-order valence-corrected chi connectivity index (χ2v) is 9.44. The Kier molecular flexibility index (Phi) is 6.92. The fourth-order valence-electron chi connectivity index (χ4n) is 5.22. The molecule has 0 spiro atoms. The number of nitrogens with one attached hydrogen (secondary N) is 3. The highest BCUT2D eigenvalue weighted by molar-refractivity contribution is 5.95. The van der Waals surface area contributed by atoms with Crippen molar-refractivity contribution in [2.24, 2.45) is 5.92 Å². The van der Waals surface area contributed by atoms with E-state index in [2.05, 4.69) is 20.8 Å². The molecule has 2 atom stereocenters. The highest BCUT2D eigenvalue weighted by Crippen LogP contribution is 2.34. The molecule has 0 bridgehead atoms. The Morgan fingerprint density at radius 2 is 2.00 bits per heavy atom. The standard InChI is InChI=1S/C25H32FN5O3/c1-15-18(13-34-31-15)25(32)30-22(16-7-5-3-2-4-6-8-16)24-28-19-10-9-17(21(26)23(19)29-24)20-14-33-12-11-27-20/h9-10,13,16,20,22,27H,2-8,11-12,14H2,1H3,(H,28,29)(H,30,32). The van der Waals surface area contributed by atoms with Gasteiger partial charge >= 0.3 is 0 Å². The third kappa shape index (κ3) is 4.72. The van der Waals surface area contributed by atoms with Gasteiger partial charge in [0.25, 0.3) is 5.91 Å². The number of H-pyrrole nitrogens is 1. The molecule has 34 heavy (non-hydrogen) atoms. The topological polar surface area (TPSA) is 105 Å². The maximum atomic E-state index is 15.5. The maximum Gasteiger partial charge on any atom is 0.257 e. The number of morpholine rings is 1. The number of amides is 1. The van der Waals surface area contributed by atoms with Gasteiger partial charge in [0.05, 0.1) is 36.5 Å². The predicted molar refractivity (Wildman–Crippen MR) is 125 cm³/mol. The smallest absolute Gasteiger partial charge is 0.257 e. The zero-order chi connectivity index (χ0) is 23.5. The maximum absolute atomic E-state index is 15.5. The summed E-state index contributed by atoms with van der Waals surface area (Å²) < 4.78 is 26.0. The predicted octanol–water partition coefficient (Wildman–Crippen LogP) is 4.49. The fourth-order valence-corrected chi connectivity index (χ4v) is 5.22. The van der Waals surface area contributed by atoms with Gasteiger partial charge in [-0.25, -0.2) is 9.37 Å². The number of hydrogen-bond acceptors (Lipinski definition) is 6. The Labute approximate surface area is 198 Å². The number of fused-ring (bicyclic) bond motifs is 1. The van der Waals surface area contributed by atoms with Crippen LogP contribution in [0.25, 0.3) is 11.0 Å². The number of aromatic nitrogens is 3. The average molecular weight is 470 g/mol. The Bertz CT molecular complexity index is 1130. The first-order valence-corrected chi connectivity index (χ1v) is 12.3. The lowest BCUT2D eigenvalue weighted by Crippen LogP contribution is -2.35. The third-order valence-corrected chi connectivity index (χ3v) is 7.14. The number of aromatic amines is 1. The van der Waals surface area contributed by atoms with E-state index in [9.17, 15) is 4.79 Å². The molecule has 8 nitrogen and oxygen atoms in total. The van der Waals surface area contributed by atoms with Crippen LogP contribution in [0.3, 0.4) is 0 Å². The molecule has 1 aromatic carbocycles. The highest BCUT2D eigenvalue weighted by Gasteiger charge is 2.30. The van der Waals surface area contributed by atoms with Crippen molar-refractivity contribution >= 4 is 16.9 Å². The Morgan fingerprint density at radius 3 is 2.71 bits per heavy atom. The van der Waals surface area contributed by atoms with Crippen LogP contribution >= 0.6 is 0 Å². The van der Waals surface area contributed by atoms with E-state index < -0.39 is 0 Å². The zero-order valence-corrected chi connectivity index (χ0v) is 19.5. The molecule has 1 aliphatic heterocycles. The van der Waals surface area contributed by atoms with E-state index >= 15 is 4.39 Å². The molecular formula is C25H32FN5O3. The molecule has 1 aliphatic carbocycles. The van der Waals surface area contributed by atoms with Gasteiger partial charge in [-0.05, 0) is 31.7 Å². The summed E-state index contributed by atoms with van der Waals surface area (Å²) in [5.41, 5.74) is 2.42. The lowest BCUT2D eigenvalue weighted by molar-refractivity contribution is 0.0758. The van der Waals surface area contributed by atoms with Gasteiger partial charge in [0.2, 0.25) is 0 Å². The molecule has 0 radical (unpaired) electrons. The van der Waals surface area contributed by atoms with Gasteiger partial charge in [-0.3, -0.25) is 4.79 Å². The van der Waals surface area contributed by atoms with Crippen LogP contribution in [0, 0.1) is 18.7 Å². The van der Waals surface area contributed by atoms with Crippen LogP contribution in [-0.2, 0) is 4.74 Å². The Balaban J connectivity index is 1.49. The molecule has 2 aliphatic rings. The van der Waals surface area contributed by atoms with Crippen molar-refractivity contribution in [1.29, 1.82) is 0 Å². The highest BCUT2D eigenvalue weighted by atomic mass is 19.1. The van der Waals surface area contributed by atoms with Crippen molar-refractivity contribution < 1.29 is 18.4 Å². The molecule has 182 valence electrons. The molecule has 5 rings (SSSR count). The van der Waals surface area contributed by atoms with Crippen molar-refractivity contribution in [3.8, 4) is 0 Å². The summed E-state index contributed by atoms with van der Waals surface area (Å²) in [5.74, 6) is 0.199. The van der Waals surface area contributed by atoms with Gasteiger partial charge in [-0.15, -0.1) is 0 Å². The normalized spacial score (nSPS) is 21.2. The Hall–Kier alpha value is -2.78. The zero-order valence-electron chi connectivity index (χ0n) is 19.5. The molecule has 2 fully saturated rings. The second kappa shape index (κ2) is 10.2. The van der Waals surface area contributed by atoms with Crippen LogP contribution in [0.15, 0.2) is 22.9 Å². The minimum absolute atomic E-state index is 0.198. The Morgan fingerprint density at radius 1 is 1.21 bits per heavy atom. The molecule has 1 amide bonds. The molecule has 2 unspecified atom stereocenters. The monoisotopic (exact) mass is 469 g/mol. The molecule has 3 aromatic rings. The van der Waals surface area contributed by atoms with E-state index in [4.69, 9.17) is 14.2 Å². The number of halogens is 1. The molecule has 2 aromatic heterocycles. The summed E-state index contributed by atoms with van der Waals surface area (Å²) in [6.45, 7) is 3.48. The number of carbonyl (C=O) groups excluding carboxylic acids is 1. The summed E-state index contributed by atoms with van der Waals surface area (Å²) >= 11 is 0. The first-order valence-electron chi connectivity index (χ1n) is 12.3. The number of imidazole rings is 1. The summed E-state index contributed by atoms with van der Waals surface area (Å²) in [5, 5.41) is 10.3. The van der Waals surface area contributed by atoms with Crippen LogP contribution in [0.1, 0.15) is 84.5 Å². The first-order chi connectivity index (χ1) is 16.6. The largest absolute Gasteiger partial charge is 0.378 e. The van der Waals surface area contributed by atoms with Crippen molar-refractivity contribution in [3.05, 3.63) is 46.9 Å². The van der Waals surface area contributed by atoms with E-state index in [-0.39, 0.29) is 29.7 Å².